The molecule has 3 aromatic carbocycles. The number of hydrogen-bond donors (Lipinski definition) is 1. The lowest BCUT2D eigenvalue weighted by molar-refractivity contribution is -0.137. The van der Waals surface area contributed by atoms with Crippen LogP contribution in [-0.4, -0.2) is 10.5 Å². The summed E-state index contributed by atoms with van der Waals surface area (Å²) in [4.78, 5) is 12.9. The van der Waals surface area contributed by atoms with Crippen LogP contribution in [0.25, 0.3) is 5.69 Å². The number of hydrogen-bond acceptors (Lipinski definition) is 2. The molecule has 0 radical (unpaired) electrons. The number of ether oxygens (including phenoxy) is 1. The summed E-state index contributed by atoms with van der Waals surface area (Å²) < 4.78 is 47.9. The summed E-state index contributed by atoms with van der Waals surface area (Å²) in [6.45, 7) is 5.61. The van der Waals surface area contributed by atoms with E-state index in [9.17, 15) is 18.0 Å². The molecule has 4 aromatic rings. The molecule has 0 aliphatic carbocycles. The van der Waals surface area contributed by atoms with E-state index in [1.807, 2.05) is 55.5 Å². The molecule has 4 rings (SSSR count). The lowest BCUT2D eigenvalue weighted by atomic mass is 10.1. The van der Waals surface area contributed by atoms with Gasteiger partial charge >= 0.3 is 6.18 Å². The minimum atomic E-state index is -4.50. The summed E-state index contributed by atoms with van der Waals surface area (Å²) in [5.74, 6) is 1.06. The number of aromatic nitrogens is 1. The monoisotopic (exact) mass is 478 g/mol. The second-order valence-electron chi connectivity index (χ2n) is 8.38. The van der Waals surface area contributed by atoms with Gasteiger partial charge in [-0.05, 0) is 68.8 Å². The van der Waals surface area contributed by atoms with Crippen molar-refractivity contribution < 1.29 is 22.7 Å². The molecule has 0 atom stereocenters. The topological polar surface area (TPSA) is 43.3 Å². The Bertz CT molecular complexity index is 1340. The zero-order valence-electron chi connectivity index (χ0n) is 19.6. The number of halogens is 3. The summed E-state index contributed by atoms with van der Waals surface area (Å²) in [5, 5.41) is 2.85. The Labute approximate surface area is 202 Å². The van der Waals surface area contributed by atoms with E-state index < -0.39 is 11.7 Å². The van der Waals surface area contributed by atoms with E-state index in [4.69, 9.17) is 4.74 Å². The normalized spacial score (nSPS) is 11.4. The second-order valence-corrected chi connectivity index (χ2v) is 8.38. The van der Waals surface area contributed by atoms with Gasteiger partial charge < -0.3 is 14.6 Å². The van der Waals surface area contributed by atoms with Crippen molar-refractivity contribution in [2.45, 2.75) is 33.5 Å². The van der Waals surface area contributed by atoms with Crippen LogP contribution >= 0.6 is 0 Å². The van der Waals surface area contributed by atoms with E-state index >= 15 is 0 Å². The molecule has 0 aliphatic rings. The number of nitrogens with one attached hydrogen (secondary N) is 1. The molecule has 0 fully saturated rings. The van der Waals surface area contributed by atoms with E-state index in [1.54, 1.807) is 26.0 Å². The third kappa shape index (κ3) is 5.40. The number of para-hydroxylation sites is 1. The van der Waals surface area contributed by atoms with Crippen LogP contribution < -0.4 is 10.1 Å². The van der Waals surface area contributed by atoms with Gasteiger partial charge in [0.1, 0.15) is 11.5 Å². The average Bonchev–Trinajstić information content (AvgIpc) is 3.13. The number of amides is 1. The zero-order valence-corrected chi connectivity index (χ0v) is 19.6. The first-order valence-corrected chi connectivity index (χ1v) is 11.1. The minimum Gasteiger partial charge on any atom is -0.457 e. The summed E-state index contributed by atoms with van der Waals surface area (Å²) in [6, 6.07) is 22.0. The highest BCUT2D eigenvalue weighted by Crippen LogP contribution is 2.35. The van der Waals surface area contributed by atoms with Crippen molar-refractivity contribution in [3.63, 3.8) is 0 Å². The Morgan fingerprint density at radius 3 is 2.11 bits per heavy atom. The van der Waals surface area contributed by atoms with E-state index in [1.165, 1.54) is 16.7 Å². The van der Waals surface area contributed by atoms with Gasteiger partial charge in [-0.1, -0.05) is 42.0 Å². The first kappa shape index (κ1) is 24.1. The Morgan fingerprint density at radius 1 is 0.886 bits per heavy atom. The van der Waals surface area contributed by atoms with Crippen LogP contribution in [0.5, 0.6) is 11.5 Å². The van der Waals surface area contributed by atoms with Gasteiger partial charge in [0.2, 0.25) is 0 Å². The molecule has 4 nitrogen and oxygen atoms in total. The molecular weight excluding hydrogens is 453 g/mol. The lowest BCUT2D eigenvalue weighted by Crippen LogP contribution is -2.23. The molecule has 1 N–H and O–H groups in total. The molecule has 1 heterocycles. The third-order valence-electron chi connectivity index (χ3n) is 5.76. The number of benzene rings is 3. The Kier molecular flexibility index (Phi) is 6.69. The number of rotatable bonds is 6. The van der Waals surface area contributed by atoms with Crippen LogP contribution in [0.2, 0.25) is 0 Å². The fourth-order valence-electron chi connectivity index (χ4n) is 3.97. The van der Waals surface area contributed by atoms with E-state index in [0.29, 0.717) is 22.7 Å². The molecule has 1 aromatic heterocycles. The van der Waals surface area contributed by atoms with Crippen LogP contribution in [0.1, 0.15) is 38.4 Å². The Morgan fingerprint density at radius 2 is 1.49 bits per heavy atom. The number of alkyl halides is 3. The fourth-order valence-corrected chi connectivity index (χ4v) is 3.97. The maximum atomic E-state index is 13.5. The number of aryl methyl sites for hydroxylation is 2. The van der Waals surface area contributed by atoms with Crippen molar-refractivity contribution >= 4 is 5.91 Å². The van der Waals surface area contributed by atoms with Crippen molar-refractivity contribution in [3.8, 4) is 17.2 Å². The maximum Gasteiger partial charge on any atom is 0.418 e. The largest absolute Gasteiger partial charge is 0.457 e. The van der Waals surface area contributed by atoms with Crippen molar-refractivity contribution in [3.05, 3.63) is 113 Å². The number of carbonyl (C=O) groups excluding carboxylic acids is 1. The van der Waals surface area contributed by atoms with Crippen LogP contribution in [0, 0.1) is 20.8 Å². The lowest BCUT2D eigenvalue weighted by Gasteiger charge is -2.16. The van der Waals surface area contributed by atoms with Crippen molar-refractivity contribution in [1.29, 1.82) is 0 Å². The zero-order chi connectivity index (χ0) is 25.2. The first-order chi connectivity index (χ1) is 16.6. The molecule has 1 amide bonds. The minimum absolute atomic E-state index is 0.00165. The maximum absolute atomic E-state index is 13.5. The van der Waals surface area contributed by atoms with Crippen molar-refractivity contribution in [2.75, 3.05) is 0 Å². The molecular formula is C28H25F3N2O2. The molecule has 0 saturated carbocycles. The molecule has 180 valence electrons. The van der Waals surface area contributed by atoms with Crippen molar-refractivity contribution in [1.82, 2.24) is 9.88 Å². The molecule has 0 saturated heterocycles. The molecule has 0 unspecified atom stereocenters. The molecule has 35 heavy (non-hydrogen) atoms. The third-order valence-corrected chi connectivity index (χ3v) is 5.76. The highest BCUT2D eigenvalue weighted by Gasteiger charge is 2.34. The summed E-state index contributed by atoms with van der Waals surface area (Å²) in [6.07, 6.45) is -4.50. The smallest absolute Gasteiger partial charge is 0.418 e. The van der Waals surface area contributed by atoms with Gasteiger partial charge in [0, 0.05) is 17.9 Å². The van der Waals surface area contributed by atoms with Gasteiger partial charge in [0.15, 0.2) is 0 Å². The van der Waals surface area contributed by atoms with Crippen LogP contribution in [-0.2, 0) is 12.7 Å². The van der Waals surface area contributed by atoms with Crippen LogP contribution in [0.15, 0.2) is 78.9 Å². The van der Waals surface area contributed by atoms with Crippen LogP contribution in [0.3, 0.4) is 0 Å². The van der Waals surface area contributed by atoms with Crippen molar-refractivity contribution in [2.24, 2.45) is 0 Å². The van der Waals surface area contributed by atoms with E-state index in [2.05, 4.69) is 5.32 Å². The molecule has 7 heteroatoms. The highest BCUT2D eigenvalue weighted by molar-refractivity contribution is 5.95. The van der Waals surface area contributed by atoms with Gasteiger partial charge in [0.25, 0.3) is 5.91 Å². The Balaban J connectivity index is 1.46. The van der Waals surface area contributed by atoms with Gasteiger partial charge in [-0.15, -0.1) is 0 Å². The van der Waals surface area contributed by atoms with Gasteiger partial charge in [-0.2, -0.15) is 13.2 Å². The van der Waals surface area contributed by atoms with E-state index in [-0.39, 0.29) is 18.1 Å². The molecule has 0 aliphatic heterocycles. The fraction of sp³-hybridized carbons (Fsp3) is 0.179. The van der Waals surface area contributed by atoms with E-state index in [0.717, 1.165) is 22.9 Å². The number of nitrogens with zero attached hydrogens (tertiary/aromatic N) is 1. The van der Waals surface area contributed by atoms with Crippen LogP contribution in [0.4, 0.5) is 13.2 Å². The Hall–Kier alpha value is -4.00. The summed E-state index contributed by atoms with van der Waals surface area (Å²) >= 11 is 0. The van der Waals surface area contributed by atoms with Gasteiger partial charge in [0.05, 0.1) is 16.8 Å². The molecule has 0 bridgehead atoms. The standard InChI is InChI=1S/C28H25F3N2O2/c1-18-8-12-22(13-9-18)35-23-14-10-21(11-15-23)17-32-27(34)24-16-19(2)33(20(24)3)26-7-5-4-6-25(26)28(29,30)31/h4-16H,17H2,1-3H3,(H,32,34). The predicted octanol–water partition coefficient (Wildman–Crippen LogP) is 7.14. The SMILES string of the molecule is Cc1ccc(Oc2ccc(CNC(=O)c3cc(C)n(-c4ccccc4C(F)(F)F)c3C)cc2)cc1. The summed E-state index contributed by atoms with van der Waals surface area (Å²) in [5.41, 5.74) is 2.58. The second kappa shape index (κ2) is 9.70. The predicted molar refractivity (Wildman–Crippen MR) is 129 cm³/mol. The quantitative estimate of drug-likeness (QED) is 0.320. The average molecular weight is 479 g/mol. The summed E-state index contributed by atoms with van der Waals surface area (Å²) in [7, 11) is 0. The number of carbonyl (C=O) groups is 1. The van der Waals surface area contributed by atoms with Gasteiger partial charge in [-0.3, -0.25) is 4.79 Å². The highest BCUT2D eigenvalue weighted by atomic mass is 19.4. The first-order valence-electron chi connectivity index (χ1n) is 11.1. The van der Waals surface area contributed by atoms with Gasteiger partial charge in [-0.25, -0.2) is 0 Å². The molecule has 0 spiro atoms.